The summed E-state index contributed by atoms with van der Waals surface area (Å²) >= 11 is 0. The Morgan fingerprint density at radius 2 is 1.54 bits per heavy atom. The van der Waals surface area contributed by atoms with Gasteiger partial charge in [0, 0.05) is 19.4 Å². The fourth-order valence-corrected chi connectivity index (χ4v) is 2.78. The molecule has 0 saturated carbocycles. The summed E-state index contributed by atoms with van der Waals surface area (Å²) in [6.45, 7) is 9.02. The number of nitrogens with one attached hydrogen (secondary N) is 1. The van der Waals surface area contributed by atoms with E-state index in [0.29, 0.717) is 0 Å². The Morgan fingerprint density at radius 3 is 1.92 bits per heavy atom. The van der Waals surface area contributed by atoms with Crippen LogP contribution in [0.1, 0.15) is 33.6 Å². The molecule has 3 nitrogen and oxygen atoms in total. The van der Waals surface area contributed by atoms with E-state index in [9.17, 15) is 0 Å². The maximum atomic E-state index is 5.65. The van der Waals surface area contributed by atoms with E-state index in [1.54, 1.807) is 0 Å². The minimum Gasteiger partial charge on any atom is -0.396 e. The van der Waals surface area contributed by atoms with E-state index < -0.39 is 9.28 Å². The molecule has 0 fully saturated rings. The van der Waals surface area contributed by atoms with Gasteiger partial charge in [0.25, 0.3) is 0 Å². The van der Waals surface area contributed by atoms with Gasteiger partial charge >= 0.3 is 9.28 Å². The Morgan fingerprint density at radius 1 is 1.00 bits per heavy atom. The van der Waals surface area contributed by atoms with Gasteiger partial charge in [0.2, 0.25) is 0 Å². The van der Waals surface area contributed by atoms with Crippen molar-refractivity contribution in [2.24, 2.45) is 0 Å². The molecule has 0 spiro atoms. The smallest absolute Gasteiger partial charge is 0.335 e. The van der Waals surface area contributed by atoms with Crippen LogP contribution >= 0.6 is 0 Å². The highest BCUT2D eigenvalue weighted by molar-refractivity contribution is 6.44. The molecule has 0 atom stereocenters. The Bertz CT molecular complexity index is 84.6. The van der Waals surface area contributed by atoms with Gasteiger partial charge in [0.1, 0.15) is 0 Å². The zero-order valence-corrected chi connectivity index (χ0v) is 10.3. The van der Waals surface area contributed by atoms with Crippen molar-refractivity contribution in [3.05, 3.63) is 0 Å². The Hall–Kier alpha value is 0.0969. The van der Waals surface area contributed by atoms with Crippen LogP contribution in [0, 0.1) is 0 Å². The Labute approximate surface area is 83.7 Å². The molecular formula is C9H23NO2Si. The van der Waals surface area contributed by atoms with E-state index >= 15 is 0 Å². The molecule has 80 valence electrons. The van der Waals surface area contributed by atoms with E-state index in [-0.39, 0.29) is 0 Å². The summed E-state index contributed by atoms with van der Waals surface area (Å²) in [5.41, 5.74) is 0. The van der Waals surface area contributed by atoms with Gasteiger partial charge in [-0.25, -0.2) is 0 Å². The third-order valence-corrected chi connectivity index (χ3v) is 3.41. The molecule has 0 heterocycles. The predicted octanol–water partition coefficient (Wildman–Crippen LogP) is 1.21. The lowest BCUT2D eigenvalue weighted by atomic mass is 10.5. The quantitative estimate of drug-likeness (QED) is 0.574. The van der Waals surface area contributed by atoms with Crippen LogP contribution in [0.2, 0.25) is 0 Å². The SMILES string of the molecule is CCCO[SiH](CNCC)OCCC. The zero-order chi connectivity index (χ0) is 9.94. The minimum atomic E-state index is -1.40. The van der Waals surface area contributed by atoms with Gasteiger partial charge in [-0.05, 0) is 19.4 Å². The predicted molar refractivity (Wildman–Crippen MR) is 58.2 cm³/mol. The first kappa shape index (κ1) is 13.1. The molecular weight excluding hydrogens is 182 g/mol. The average molecular weight is 205 g/mol. The van der Waals surface area contributed by atoms with E-state index in [0.717, 1.165) is 38.8 Å². The molecule has 0 aliphatic rings. The van der Waals surface area contributed by atoms with E-state index in [4.69, 9.17) is 8.85 Å². The van der Waals surface area contributed by atoms with Crippen LogP contribution < -0.4 is 5.32 Å². The molecule has 0 radical (unpaired) electrons. The van der Waals surface area contributed by atoms with Gasteiger partial charge in [-0.1, -0.05) is 20.8 Å². The van der Waals surface area contributed by atoms with E-state index in [1.165, 1.54) is 0 Å². The van der Waals surface area contributed by atoms with Crippen LogP contribution in [0.4, 0.5) is 0 Å². The second-order valence-electron chi connectivity index (χ2n) is 2.98. The summed E-state index contributed by atoms with van der Waals surface area (Å²) in [6, 6.07) is 0. The van der Waals surface area contributed by atoms with Crippen molar-refractivity contribution in [2.45, 2.75) is 33.6 Å². The molecule has 0 saturated heterocycles. The van der Waals surface area contributed by atoms with Crippen molar-refractivity contribution in [1.29, 1.82) is 0 Å². The van der Waals surface area contributed by atoms with Gasteiger partial charge in [0.15, 0.2) is 0 Å². The van der Waals surface area contributed by atoms with Crippen LogP contribution in [-0.4, -0.2) is 35.2 Å². The highest BCUT2D eigenvalue weighted by atomic mass is 28.3. The molecule has 0 aromatic heterocycles. The highest BCUT2D eigenvalue weighted by Crippen LogP contribution is 1.92. The Kier molecular flexibility index (Phi) is 10.3. The highest BCUT2D eigenvalue weighted by Gasteiger charge is 2.11. The third kappa shape index (κ3) is 8.43. The van der Waals surface area contributed by atoms with Crippen LogP contribution in [-0.2, 0) is 8.85 Å². The van der Waals surface area contributed by atoms with Gasteiger partial charge in [-0.15, -0.1) is 0 Å². The van der Waals surface area contributed by atoms with Crippen LogP contribution in [0.25, 0.3) is 0 Å². The second kappa shape index (κ2) is 10.2. The summed E-state index contributed by atoms with van der Waals surface area (Å²) in [5, 5.41) is 3.28. The van der Waals surface area contributed by atoms with Gasteiger partial charge in [0.05, 0.1) is 0 Å². The summed E-state index contributed by atoms with van der Waals surface area (Å²) in [7, 11) is -1.40. The Balaban J connectivity index is 3.47. The first-order chi connectivity index (χ1) is 6.35. The summed E-state index contributed by atoms with van der Waals surface area (Å²) < 4.78 is 11.3. The van der Waals surface area contributed by atoms with E-state index in [2.05, 4.69) is 26.1 Å². The van der Waals surface area contributed by atoms with Crippen molar-refractivity contribution < 1.29 is 8.85 Å². The topological polar surface area (TPSA) is 30.5 Å². The first-order valence-corrected chi connectivity index (χ1v) is 7.04. The fraction of sp³-hybridized carbons (Fsp3) is 1.00. The molecule has 4 heteroatoms. The second-order valence-corrected chi connectivity index (χ2v) is 4.91. The number of rotatable bonds is 9. The van der Waals surface area contributed by atoms with Crippen LogP contribution in [0.3, 0.4) is 0 Å². The van der Waals surface area contributed by atoms with E-state index in [1.807, 2.05) is 0 Å². The monoisotopic (exact) mass is 205 g/mol. The van der Waals surface area contributed by atoms with Crippen molar-refractivity contribution in [2.75, 3.05) is 25.9 Å². The lowest BCUT2D eigenvalue weighted by molar-refractivity contribution is 0.195. The van der Waals surface area contributed by atoms with Gasteiger partial charge in [-0.2, -0.15) is 0 Å². The molecule has 13 heavy (non-hydrogen) atoms. The number of hydrogen-bond acceptors (Lipinski definition) is 3. The number of hydrogen-bond donors (Lipinski definition) is 1. The zero-order valence-electron chi connectivity index (χ0n) is 9.14. The maximum Gasteiger partial charge on any atom is 0.335 e. The van der Waals surface area contributed by atoms with Crippen LogP contribution in [0.5, 0.6) is 0 Å². The van der Waals surface area contributed by atoms with Crippen molar-refractivity contribution in [3.63, 3.8) is 0 Å². The largest absolute Gasteiger partial charge is 0.396 e. The molecule has 0 aromatic carbocycles. The molecule has 0 rings (SSSR count). The molecule has 0 aromatic rings. The molecule has 0 aliphatic heterocycles. The molecule has 0 amide bonds. The maximum absolute atomic E-state index is 5.65. The summed E-state index contributed by atoms with van der Waals surface area (Å²) in [4.78, 5) is 0. The van der Waals surface area contributed by atoms with Gasteiger partial charge < -0.3 is 14.2 Å². The average Bonchev–Trinajstić information content (AvgIpc) is 2.17. The summed E-state index contributed by atoms with van der Waals surface area (Å²) in [5.74, 6) is 0. The summed E-state index contributed by atoms with van der Waals surface area (Å²) in [6.07, 6.45) is 3.08. The van der Waals surface area contributed by atoms with Crippen molar-refractivity contribution in [3.8, 4) is 0 Å². The van der Waals surface area contributed by atoms with Gasteiger partial charge in [-0.3, -0.25) is 0 Å². The minimum absolute atomic E-state index is 0.839. The van der Waals surface area contributed by atoms with Crippen molar-refractivity contribution >= 4 is 9.28 Å². The molecule has 0 unspecified atom stereocenters. The lowest BCUT2D eigenvalue weighted by Crippen LogP contribution is -2.36. The molecule has 0 aliphatic carbocycles. The lowest BCUT2D eigenvalue weighted by Gasteiger charge is -2.16. The molecule has 0 bridgehead atoms. The fourth-order valence-electron chi connectivity index (χ4n) is 0.927. The molecule has 1 N–H and O–H groups in total. The van der Waals surface area contributed by atoms with Crippen molar-refractivity contribution in [1.82, 2.24) is 5.32 Å². The first-order valence-electron chi connectivity index (χ1n) is 5.29. The third-order valence-electron chi connectivity index (χ3n) is 1.58. The van der Waals surface area contributed by atoms with Crippen LogP contribution in [0.15, 0.2) is 0 Å². The standard InChI is InChI=1S/C9H23NO2Si/c1-4-7-11-13(9-10-6-3)12-8-5-2/h10,13H,4-9H2,1-3H3. The normalized spacial score (nSPS) is 11.1.